The zero-order chi connectivity index (χ0) is 13.1. The van der Waals surface area contributed by atoms with E-state index >= 15 is 0 Å². The SMILES string of the molecule is O=C(O)N(Cc1ccccc1)C(O)C(Cl)(Cl)Cl. The lowest BCUT2D eigenvalue weighted by atomic mass is 10.2. The van der Waals surface area contributed by atoms with Gasteiger partial charge in [-0.05, 0) is 5.56 Å². The fraction of sp³-hybridized carbons (Fsp3) is 0.300. The molecule has 0 aromatic heterocycles. The van der Waals surface area contributed by atoms with E-state index in [0.29, 0.717) is 10.5 Å². The number of carbonyl (C=O) groups is 1. The highest BCUT2D eigenvalue weighted by Crippen LogP contribution is 2.32. The Morgan fingerprint density at radius 1 is 1.29 bits per heavy atom. The number of benzene rings is 1. The molecule has 1 aromatic rings. The second-order valence-electron chi connectivity index (χ2n) is 3.31. The molecule has 0 bridgehead atoms. The van der Waals surface area contributed by atoms with Gasteiger partial charge >= 0.3 is 6.09 Å². The van der Waals surface area contributed by atoms with Gasteiger partial charge in [0, 0.05) is 0 Å². The molecule has 0 saturated heterocycles. The second kappa shape index (κ2) is 5.78. The maximum Gasteiger partial charge on any atom is 0.409 e. The summed E-state index contributed by atoms with van der Waals surface area (Å²) in [4.78, 5) is 11.6. The molecule has 94 valence electrons. The molecule has 7 heteroatoms. The highest BCUT2D eigenvalue weighted by molar-refractivity contribution is 6.68. The van der Waals surface area contributed by atoms with Crippen molar-refractivity contribution in [3.8, 4) is 0 Å². The highest BCUT2D eigenvalue weighted by Gasteiger charge is 2.38. The summed E-state index contributed by atoms with van der Waals surface area (Å²) in [5.41, 5.74) is 0.684. The molecule has 17 heavy (non-hydrogen) atoms. The van der Waals surface area contributed by atoms with Gasteiger partial charge in [-0.25, -0.2) is 4.79 Å². The Kier molecular flexibility index (Phi) is 4.89. The summed E-state index contributed by atoms with van der Waals surface area (Å²) in [5.74, 6) is 0. The van der Waals surface area contributed by atoms with E-state index in [1.54, 1.807) is 30.3 Å². The number of nitrogens with zero attached hydrogens (tertiary/aromatic N) is 1. The summed E-state index contributed by atoms with van der Waals surface area (Å²) in [6.45, 7) is -0.0642. The molecule has 0 spiro atoms. The molecule has 0 aliphatic heterocycles. The number of amides is 1. The molecule has 1 rings (SSSR count). The van der Waals surface area contributed by atoms with E-state index in [0.717, 1.165) is 0 Å². The highest BCUT2D eigenvalue weighted by atomic mass is 35.6. The Morgan fingerprint density at radius 3 is 2.24 bits per heavy atom. The molecular formula is C10H10Cl3NO3. The third kappa shape index (κ3) is 4.24. The third-order valence-corrected chi connectivity index (χ3v) is 2.61. The first-order valence-corrected chi connectivity index (χ1v) is 5.74. The quantitative estimate of drug-likeness (QED) is 0.666. The minimum atomic E-state index is -2.09. The van der Waals surface area contributed by atoms with Crippen LogP contribution in [0.3, 0.4) is 0 Å². The average molecular weight is 299 g/mol. The van der Waals surface area contributed by atoms with Gasteiger partial charge in [0.1, 0.15) is 0 Å². The average Bonchev–Trinajstić information content (AvgIpc) is 2.24. The normalized spacial score (nSPS) is 13.2. The van der Waals surface area contributed by atoms with Crippen LogP contribution in [0.25, 0.3) is 0 Å². The number of hydrogen-bond acceptors (Lipinski definition) is 2. The van der Waals surface area contributed by atoms with Crippen molar-refractivity contribution in [2.24, 2.45) is 0 Å². The Hall–Kier alpha value is -0.680. The van der Waals surface area contributed by atoms with Crippen LogP contribution < -0.4 is 0 Å². The number of aliphatic hydroxyl groups is 1. The summed E-state index contributed by atoms with van der Waals surface area (Å²) >= 11 is 16.4. The van der Waals surface area contributed by atoms with E-state index in [9.17, 15) is 9.90 Å². The van der Waals surface area contributed by atoms with Crippen molar-refractivity contribution in [2.75, 3.05) is 0 Å². The summed E-state index contributed by atoms with van der Waals surface area (Å²) < 4.78 is -2.09. The molecule has 1 amide bonds. The molecular weight excluding hydrogens is 288 g/mol. The molecule has 0 heterocycles. The van der Waals surface area contributed by atoms with Crippen molar-refractivity contribution in [3.05, 3.63) is 35.9 Å². The fourth-order valence-electron chi connectivity index (χ4n) is 1.22. The van der Waals surface area contributed by atoms with Crippen molar-refractivity contribution in [3.63, 3.8) is 0 Å². The van der Waals surface area contributed by atoms with Crippen molar-refractivity contribution in [1.82, 2.24) is 4.90 Å². The van der Waals surface area contributed by atoms with Gasteiger partial charge in [-0.15, -0.1) is 0 Å². The van der Waals surface area contributed by atoms with E-state index in [4.69, 9.17) is 39.9 Å². The van der Waals surface area contributed by atoms with Crippen LogP contribution >= 0.6 is 34.8 Å². The van der Waals surface area contributed by atoms with E-state index in [1.165, 1.54) is 0 Å². The van der Waals surface area contributed by atoms with Gasteiger partial charge in [0.05, 0.1) is 6.54 Å². The first-order chi connectivity index (χ1) is 7.82. The van der Waals surface area contributed by atoms with Crippen molar-refractivity contribution in [1.29, 1.82) is 0 Å². The molecule has 1 atom stereocenters. The summed E-state index contributed by atoms with van der Waals surface area (Å²) in [6.07, 6.45) is -3.10. The second-order valence-corrected chi connectivity index (χ2v) is 5.68. The zero-order valence-electron chi connectivity index (χ0n) is 8.55. The number of aliphatic hydroxyl groups excluding tert-OH is 1. The lowest BCUT2D eigenvalue weighted by Gasteiger charge is -2.29. The molecule has 0 aliphatic rings. The van der Waals surface area contributed by atoms with E-state index in [1.807, 2.05) is 0 Å². The van der Waals surface area contributed by atoms with Crippen LogP contribution in [-0.4, -0.2) is 31.2 Å². The largest absolute Gasteiger partial charge is 0.465 e. The molecule has 1 aromatic carbocycles. The molecule has 0 saturated carbocycles. The van der Waals surface area contributed by atoms with Gasteiger partial charge < -0.3 is 10.2 Å². The standard InChI is InChI=1S/C10H10Cl3NO3/c11-10(12,13)8(15)14(9(16)17)6-7-4-2-1-3-5-7/h1-5,8,15H,6H2,(H,16,17). The van der Waals surface area contributed by atoms with Gasteiger partial charge in [0.2, 0.25) is 3.79 Å². The van der Waals surface area contributed by atoms with Gasteiger partial charge in [-0.1, -0.05) is 65.1 Å². The van der Waals surface area contributed by atoms with Crippen LogP contribution in [0.2, 0.25) is 0 Å². The first kappa shape index (κ1) is 14.4. The molecule has 4 nitrogen and oxygen atoms in total. The minimum Gasteiger partial charge on any atom is -0.465 e. The number of hydrogen-bond donors (Lipinski definition) is 2. The van der Waals surface area contributed by atoms with Gasteiger partial charge in [-0.3, -0.25) is 4.90 Å². The monoisotopic (exact) mass is 297 g/mol. The smallest absolute Gasteiger partial charge is 0.409 e. The van der Waals surface area contributed by atoms with Gasteiger partial charge in [0.25, 0.3) is 0 Å². The molecule has 1 unspecified atom stereocenters. The number of halogens is 3. The van der Waals surface area contributed by atoms with Crippen LogP contribution in [0.5, 0.6) is 0 Å². The van der Waals surface area contributed by atoms with Gasteiger partial charge in [0.15, 0.2) is 6.23 Å². The fourth-order valence-corrected chi connectivity index (χ4v) is 1.57. The Morgan fingerprint density at radius 2 is 1.82 bits per heavy atom. The zero-order valence-corrected chi connectivity index (χ0v) is 10.8. The van der Waals surface area contributed by atoms with E-state index < -0.39 is 16.1 Å². The van der Waals surface area contributed by atoms with Crippen molar-refractivity contribution < 1.29 is 15.0 Å². The first-order valence-electron chi connectivity index (χ1n) is 4.60. The van der Waals surface area contributed by atoms with E-state index in [-0.39, 0.29) is 6.54 Å². The van der Waals surface area contributed by atoms with Crippen LogP contribution in [0.1, 0.15) is 5.56 Å². The number of rotatable bonds is 3. The third-order valence-electron chi connectivity index (χ3n) is 2.03. The Balaban J connectivity index is 2.85. The van der Waals surface area contributed by atoms with Gasteiger partial charge in [-0.2, -0.15) is 0 Å². The van der Waals surface area contributed by atoms with Crippen LogP contribution in [0, 0.1) is 0 Å². The van der Waals surface area contributed by atoms with Crippen LogP contribution in [0.4, 0.5) is 4.79 Å². The summed E-state index contributed by atoms with van der Waals surface area (Å²) in [5, 5.41) is 18.6. The topological polar surface area (TPSA) is 60.8 Å². The molecule has 0 aliphatic carbocycles. The molecule has 0 radical (unpaired) electrons. The number of carboxylic acid groups (broad SMARTS) is 1. The van der Waals surface area contributed by atoms with Crippen molar-refractivity contribution >= 4 is 40.9 Å². The van der Waals surface area contributed by atoms with Crippen LogP contribution in [-0.2, 0) is 6.54 Å². The molecule has 0 fully saturated rings. The minimum absolute atomic E-state index is 0.0642. The lowest BCUT2D eigenvalue weighted by molar-refractivity contribution is 0.0102. The van der Waals surface area contributed by atoms with E-state index in [2.05, 4.69) is 0 Å². The maximum atomic E-state index is 11.0. The summed E-state index contributed by atoms with van der Waals surface area (Å²) in [7, 11) is 0. The predicted molar refractivity (Wildman–Crippen MR) is 66.3 cm³/mol. The Labute approximate surface area is 113 Å². The summed E-state index contributed by atoms with van der Waals surface area (Å²) in [6, 6.07) is 8.70. The Bertz CT molecular complexity index is 380. The molecule has 2 N–H and O–H groups in total. The van der Waals surface area contributed by atoms with Crippen LogP contribution in [0.15, 0.2) is 30.3 Å². The predicted octanol–water partition coefficient (Wildman–Crippen LogP) is 2.86. The number of alkyl halides is 3. The lowest BCUT2D eigenvalue weighted by Crippen LogP contribution is -2.46. The maximum absolute atomic E-state index is 11.0. The van der Waals surface area contributed by atoms with Crippen molar-refractivity contribution in [2.45, 2.75) is 16.6 Å².